The van der Waals surface area contributed by atoms with Gasteiger partial charge in [-0.3, -0.25) is 14.6 Å². The molecule has 1 unspecified atom stereocenters. The number of carbonyl (C=O) groups excluding carboxylic acids is 1. The van der Waals surface area contributed by atoms with E-state index in [4.69, 9.17) is 0 Å². The number of amides is 1. The lowest BCUT2D eigenvalue weighted by atomic mass is 10.1. The normalized spacial score (nSPS) is 18.8. The minimum absolute atomic E-state index is 0.00621. The third-order valence-electron chi connectivity index (χ3n) is 3.01. The fourth-order valence-corrected chi connectivity index (χ4v) is 2.04. The van der Waals surface area contributed by atoms with E-state index < -0.39 is 17.2 Å². The molecule has 1 atom stereocenters. The lowest BCUT2D eigenvalue weighted by Gasteiger charge is -2.08. The molecule has 1 amide bonds. The summed E-state index contributed by atoms with van der Waals surface area (Å²) in [6, 6.07) is 1.08. The molecule has 0 bridgehead atoms. The minimum Gasteiger partial charge on any atom is -0.351 e. The first-order valence-electron chi connectivity index (χ1n) is 5.98. The van der Waals surface area contributed by atoms with Crippen LogP contribution >= 0.6 is 0 Å². The van der Waals surface area contributed by atoms with Gasteiger partial charge in [0.25, 0.3) is 11.5 Å². The molecule has 7 heteroatoms. The van der Waals surface area contributed by atoms with Crippen LogP contribution in [0.2, 0.25) is 0 Å². The minimum atomic E-state index is -0.673. The van der Waals surface area contributed by atoms with Crippen molar-refractivity contribution in [1.82, 2.24) is 20.6 Å². The molecule has 1 aliphatic heterocycles. The molecular formula is C11H16N4O3. The third-order valence-corrected chi connectivity index (χ3v) is 3.01. The zero-order valence-corrected chi connectivity index (χ0v) is 9.91. The molecule has 7 nitrogen and oxygen atoms in total. The smallest absolute Gasteiger partial charge is 0.326 e. The van der Waals surface area contributed by atoms with Crippen molar-refractivity contribution in [2.24, 2.45) is 5.92 Å². The van der Waals surface area contributed by atoms with E-state index in [9.17, 15) is 14.4 Å². The molecule has 2 rings (SSSR count). The van der Waals surface area contributed by atoms with Crippen molar-refractivity contribution in [3.05, 3.63) is 32.6 Å². The van der Waals surface area contributed by atoms with E-state index in [-0.39, 0.29) is 5.69 Å². The van der Waals surface area contributed by atoms with E-state index in [0.29, 0.717) is 12.5 Å². The fraction of sp³-hybridized carbons (Fsp3) is 0.545. The van der Waals surface area contributed by atoms with Gasteiger partial charge in [-0.2, -0.15) is 0 Å². The van der Waals surface area contributed by atoms with Crippen LogP contribution < -0.4 is 21.9 Å². The van der Waals surface area contributed by atoms with Gasteiger partial charge in [0.05, 0.1) is 0 Å². The number of H-pyrrole nitrogens is 2. The number of hydrogen-bond acceptors (Lipinski definition) is 4. The van der Waals surface area contributed by atoms with Gasteiger partial charge in [-0.15, -0.1) is 0 Å². The zero-order valence-electron chi connectivity index (χ0n) is 9.91. The summed E-state index contributed by atoms with van der Waals surface area (Å²) in [4.78, 5) is 38.0. The first kappa shape index (κ1) is 12.6. The average molecular weight is 252 g/mol. The molecule has 2 heterocycles. The van der Waals surface area contributed by atoms with E-state index in [2.05, 4.69) is 15.6 Å². The lowest BCUT2D eigenvalue weighted by molar-refractivity contribution is 0.0946. The monoisotopic (exact) mass is 252 g/mol. The predicted octanol–water partition coefficient (Wildman–Crippen LogP) is -1.21. The second-order valence-electron chi connectivity index (χ2n) is 4.40. The van der Waals surface area contributed by atoms with Crippen molar-refractivity contribution in [2.45, 2.75) is 12.8 Å². The van der Waals surface area contributed by atoms with Crippen LogP contribution in [0.15, 0.2) is 15.7 Å². The second-order valence-corrected chi connectivity index (χ2v) is 4.40. The largest absolute Gasteiger partial charge is 0.351 e. The first-order chi connectivity index (χ1) is 8.65. The maximum Gasteiger partial charge on any atom is 0.326 e. The molecule has 0 spiro atoms. The van der Waals surface area contributed by atoms with Gasteiger partial charge in [-0.05, 0) is 31.8 Å². The number of aromatic nitrogens is 2. The molecular weight excluding hydrogens is 236 g/mol. The summed E-state index contributed by atoms with van der Waals surface area (Å²) in [5.41, 5.74) is -1.26. The van der Waals surface area contributed by atoms with E-state index in [0.717, 1.165) is 32.0 Å². The standard InChI is InChI=1S/C11H16N4O3/c16-9-5-8(14-11(18)15-9)10(17)13-4-2-7-1-3-12-6-7/h5,7,12H,1-4,6H2,(H,13,17)(H2,14,15,16,18). The zero-order chi connectivity index (χ0) is 13.0. The molecule has 4 N–H and O–H groups in total. The summed E-state index contributed by atoms with van der Waals surface area (Å²) in [5, 5.41) is 5.94. The molecule has 1 aliphatic rings. The summed E-state index contributed by atoms with van der Waals surface area (Å²) < 4.78 is 0. The molecule has 0 aromatic carbocycles. The van der Waals surface area contributed by atoms with Gasteiger partial charge in [-0.1, -0.05) is 0 Å². The maximum absolute atomic E-state index is 11.7. The van der Waals surface area contributed by atoms with Gasteiger partial charge in [0.15, 0.2) is 0 Å². The van der Waals surface area contributed by atoms with E-state index >= 15 is 0 Å². The van der Waals surface area contributed by atoms with Crippen molar-refractivity contribution in [3.63, 3.8) is 0 Å². The molecule has 1 saturated heterocycles. The summed E-state index contributed by atoms with van der Waals surface area (Å²) >= 11 is 0. The number of nitrogens with one attached hydrogen (secondary N) is 4. The molecule has 1 aromatic rings. The molecule has 1 fully saturated rings. The fourth-order valence-electron chi connectivity index (χ4n) is 2.04. The maximum atomic E-state index is 11.7. The molecule has 0 aliphatic carbocycles. The molecule has 0 radical (unpaired) electrons. The third kappa shape index (κ3) is 3.30. The molecule has 98 valence electrons. The van der Waals surface area contributed by atoms with Crippen molar-refractivity contribution >= 4 is 5.91 Å². The van der Waals surface area contributed by atoms with Crippen LogP contribution in [0.5, 0.6) is 0 Å². The van der Waals surface area contributed by atoms with Gasteiger partial charge >= 0.3 is 5.69 Å². The number of carbonyl (C=O) groups is 1. The van der Waals surface area contributed by atoms with Gasteiger partial charge in [0, 0.05) is 12.6 Å². The topological polar surface area (TPSA) is 107 Å². The van der Waals surface area contributed by atoms with Gasteiger partial charge in [0.1, 0.15) is 5.69 Å². The lowest BCUT2D eigenvalue weighted by Crippen LogP contribution is -2.32. The Balaban J connectivity index is 1.87. The summed E-state index contributed by atoms with van der Waals surface area (Å²) in [6.45, 7) is 2.55. The Morgan fingerprint density at radius 1 is 1.39 bits per heavy atom. The summed E-state index contributed by atoms with van der Waals surface area (Å²) in [6.07, 6.45) is 2.02. The van der Waals surface area contributed by atoms with Crippen molar-refractivity contribution in [3.8, 4) is 0 Å². The Morgan fingerprint density at radius 3 is 2.89 bits per heavy atom. The Kier molecular flexibility index (Phi) is 3.93. The predicted molar refractivity (Wildman–Crippen MR) is 65.6 cm³/mol. The summed E-state index contributed by atoms with van der Waals surface area (Å²) in [5.74, 6) is 0.160. The second kappa shape index (κ2) is 5.63. The average Bonchev–Trinajstić information content (AvgIpc) is 2.80. The van der Waals surface area contributed by atoms with Gasteiger partial charge < -0.3 is 15.6 Å². The Morgan fingerprint density at radius 2 is 2.22 bits per heavy atom. The molecule has 0 saturated carbocycles. The first-order valence-corrected chi connectivity index (χ1v) is 5.98. The van der Waals surface area contributed by atoms with Crippen LogP contribution in [-0.2, 0) is 0 Å². The van der Waals surface area contributed by atoms with Crippen LogP contribution in [0.1, 0.15) is 23.3 Å². The van der Waals surface area contributed by atoms with Crippen molar-refractivity contribution in [2.75, 3.05) is 19.6 Å². The van der Waals surface area contributed by atoms with Gasteiger partial charge in [0.2, 0.25) is 0 Å². The van der Waals surface area contributed by atoms with Crippen LogP contribution in [0.4, 0.5) is 0 Å². The highest BCUT2D eigenvalue weighted by atomic mass is 16.2. The van der Waals surface area contributed by atoms with Crippen LogP contribution in [-0.4, -0.2) is 35.5 Å². The Hall–Kier alpha value is -1.89. The SMILES string of the molecule is O=C(NCCC1CCNC1)c1cc(=O)[nH]c(=O)[nH]1. The highest BCUT2D eigenvalue weighted by Gasteiger charge is 2.14. The van der Waals surface area contributed by atoms with E-state index in [1.165, 1.54) is 0 Å². The quantitative estimate of drug-likeness (QED) is 0.539. The van der Waals surface area contributed by atoms with Crippen molar-refractivity contribution < 1.29 is 4.79 Å². The number of hydrogen-bond donors (Lipinski definition) is 4. The number of rotatable bonds is 4. The Bertz CT molecular complexity index is 499. The summed E-state index contributed by atoms with van der Waals surface area (Å²) in [7, 11) is 0. The van der Waals surface area contributed by atoms with E-state index in [1.54, 1.807) is 0 Å². The number of aromatic amines is 2. The highest BCUT2D eigenvalue weighted by molar-refractivity contribution is 5.91. The van der Waals surface area contributed by atoms with Crippen LogP contribution in [0.3, 0.4) is 0 Å². The molecule has 1 aromatic heterocycles. The van der Waals surface area contributed by atoms with Gasteiger partial charge in [-0.25, -0.2) is 4.79 Å². The van der Waals surface area contributed by atoms with Crippen LogP contribution in [0, 0.1) is 5.92 Å². The Labute approximate surface area is 103 Å². The molecule has 18 heavy (non-hydrogen) atoms. The highest BCUT2D eigenvalue weighted by Crippen LogP contribution is 2.10. The van der Waals surface area contributed by atoms with Crippen LogP contribution in [0.25, 0.3) is 0 Å². The van der Waals surface area contributed by atoms with Crippen molar-refractivity contribution in [1.29, 1.82) is 0 Å². The van der Waals surface area contributed by atoms with E-state index in [1.807, 2.05) is 4.98 Å².